The second-order valence-corrected chi connectivity index (χ2v) is 6.35. The van der Waals surface area contributed by atoms with Gasteiger partial charge in [0, 0.05) is 20.3 Å². The number of benzene rings is 2. The molecule has 0 saturated carbocycles. The van der Waals surface area contributed by atoms with E-state index in [1.807, 2.05) is 60.7 Å². The molecule has 0 fully saturated rings. The average molecular weight is 393 g/mol. The Bertz CT molecular complexity index is 883. The van der Waals surface area contributed by atoms with Gasteiger partial charge in [0.2, 0.25) is 11.6 Å². The summed E-state index contributed by atoms with van der Waals surface area (Å²) in [5.74, 6) is 0.348. The Labute approximate surface area is 169 Å². The Hall–Kier alpha value is -3.52. The molecule has 2 N–H and O–H groups in total. The second kappa shape index (κ2) is 10.1. The van der Waals surface area contributed by atoms with E-state index in [2.05, 4.69) is 20.6 Å². The van der Waals surface area contributed by atoms with Crippen LogP contribution in [0, 0.1) is 10.1 Å². The van der Waals surface area contributed by atoms with Gasteiger partial charge in [0.25, 0.3) is 0 Å². The van der Waals surface area contributed by atoms with E-state index in [0.29, 0.717) is 19.6 Å². The molecule has 8 nitrogen and oxygen atoms in total. The number of nitro groups is 1. The van der Waals surface area contributed by atoms with Gasteiger partial charge < -0.3 is 15.4 Å². The van der Waals surface area contributed by atoms with Gasteiger partial charge >= 0.3 is 5.69 Å². The second-order valence-electron chi connectivity index (χ2n) is 6.35. The third-order valence-electron chi connectivity index (χ3n) is 4.37. The zero-order valence-corrected chi connectivity index (χ0v) is 16.1. The van der Waals surface area contributed by atoms with Crippen molar-refractivity contribution in [2.45, 2.75) is 12.5 Å². The first kappa shape index (κ1) is 20.2. The number of aromatic nitrogens is 2. The van der Waals surface area contributed by atoms with Crippen LogP contribution in [0.1, 0.15) is 23.6 Å². The first-order valence-electron chi connectivity index (χ1n) is 9.29. The molecule has 3 aromatic rings. The predicted molar refractivity (Wildman–Crippen MR) is 112 cm³/mol. The highest BCUT2D eigenvalue weighted by Gasteiger charge is 2.25. The van der Waals surface area contributed by atoms with Crippen molar-refractivity contribution in [3.63, 3.8) is 0 Å². The normalized spacial score (nSPS) is 10.7. The number of hydrogen-bond donors (Lipinski definition) is 2. The summed E-state index contributed by atoms with van der Waals surface area (Å²) in [7, 11) is 1.61. The first-order valence-corrected chi connectivity index (χ1v) is 9.29. The fourth-order valence-electron chi connectivity index (χ4n) is 3.00. The van der Waals surface area contributed by atoms with Gasteiger partial charge in [-0.25, -0.2) is 9.97 Å². The molecule has 29 heavy (non-hydrogen) atoms. The number of hydrogen-bond acceptors (Lipinski definition) is 7. The van der Waals surface area contributed by atoms with Gasteiger partial charge in [-0.2, -0.15) is 0 Å². The molecule has 0 aliphatic carbocycles. The molecular weight excluding hydrogens is 370 g/mol. The first-order chi connectivity index (χ1) is 14.2. The molecular formula is C21H23N5O3. The molecule has 3 rings (SSSR count). The maximum absolute atomic E-state index is 11.8. The van der Waals surface area contributed by atoms with Crippen molar-refractivity contribution in [2.75, 3.05) is 30.9 Å². The molecule has 0 bridgehead atoms. The van der Waals surface area contributed by atoms with Gasteiger partial charge in [-0.1, -0.05) is 60.7 Å². The van der Waals surface area contributed by atoms with E-state index in [9.17, 15) is 10.1 Å². The largest absolute Gasteiger partial charge is 0.385 e. The minimum Gasteiger partial charge on any atom is -0.385 e. The van der Waals surface area contributed by atoms with Crippen LogP contribution >= 0.6 is 0 Å². The Kier molecular flexibility index (Phi) is 7.07. The Balaban J connectivity index is 1.94. The molecule has 0 amide bonds. The quantitative estimate of drug-likeness (QED) is 0.304. The Morgan fingerprint density at radius 1 is 1.00 bits per heavy atom. The van der Waals surface area contributed by atoms with Crippen molar-refractivity contribution >= 4 is 17.3 Å². The average Bonchev–Trinajstić information content (AvgIpc) is 2.76. The van der Waals surface area contributed by atoms with Crippen LogP contribution in [0.2, 0.25) is 0 Å². The van der Waals surface area contributed by atoms with Crippen LogP contribution in [0.3, 0.4) is 0 Å². The lowest BCUT2D eigenvalue weighted by atomic mass is 9.99. The summed E-state index contributed by atoms with van der Waals surface area (Å²) < 4.78 is 5.01. The van der Waals surface area contributed by atoms with E-state index < -0.39 is 4.92 Å². The van der Waals surface area contributed by atoms with Crippen LogP contribution in [0.15, 0.2) is 67.0 Å². The zero-order chi connectivity index (χ0) is 20.5. The van der Waals surface area contributed by atoms with E-state index in [-0.39, 0.29) is 23.4 Å². The molecule has 150 valence electrons. The summed E-state index contributed by atoms with van der Waals surface area (Å²) in [5, 5.41) is 18.1. The lowest BCUT2D eigenvalue weighted by molar-refractivity contribution is -0.383. The monoisotopic (exact) mass is 393 g/mol. The summed E-state index contributed by atoms with van der Waals surface area (Å²) >= 11 is 0. The van der Waals surface area contributed by atoms with E-state index in [1.165, 1.54) is 6.33 Å². The topological polar surface area (TPSA) is 102 Å². The number of methoxy groups -OCH3 is 1. The van der Waals surface area contributed by atoms with E-state index in [0.717, 1.165) is 11.1 Å². The van der Waals surface area contributed by atoms with Crippen molar-refractivity contribution in [3.05, 3.63) is 88.2 Å². The minimum absolute atomic E-state index is 0.164. The molecule has 0 aliphatic rings. The SMILES string of the molecule is COCCCNc1ncnc(NC(c2ccccc2)c2ccccc2)c1[N+](=O)[O-]. The van der Waals surface area contributed by atoms with Crippen LogP contribution in [0.25, 0.3) is 0 Å². The fraction of sp³-hybridized carbons (Fsp3) is 0.238. The predicted octanol–water partition coefficient (Wildman–Crippen LogP) is 4.03. The lowest BCUT2D eigenvalue weighted by Gasteiger charge is -2.20. The molecule has 0 saturated heterocycles. The molecule has 1 heterocycles. The minimum atomic E-state index is -0.464. The molecule has 0 atom stereocenters. The Morgan fingerprint density at radius 2 is 1.59 bits per heavy atom. The van der Waals surface area contributed by atoms with Crippen molar-refractivity contribution < 1.29 is 9.66 Å². The van der Waals surface area contributed by atoms with Crippen LogP contribution < -0.4 is 10.6 Å². The number of nitrogens with one attached hydrogen (secondary N) is 2. The smallest absolute Gasteiger partial charge is 0.353 e. The number of anilines is 2. The third kappa shape index (κ3) is 5.26. The highest BCUT2D eigenvalue weighted by Crippen LogP contribution is 2.33. The molecule has 0 aliphatic heterocycles. The van der Waals surface area contributed by atoms with E-state index in [4.69, 9.17) is 4.74 Å². The van der Waals surface area contributed by atoms with Gasteiger partial charge in [0.1, 0.15) is 6.33 Å². The van der Waals surface area contributed by atoms with Crippen LogP contribution in [-0.4, -0.2) is 35.2 Å². The highest BCUT2D eigenvalue weighted by molar-refractivity contribution is 5.70. The van der Waals surface area contributed by atoms with Crippen LogP contribution in [-0.2, 0) is 4.74 Å². The maximum Gasteiger partial charge on any atom is 0.353 e. The van der Waals surface area contributed by atoms with Gasteiger partial charge in [0.15, 0.2) is 0 Å². The molecule has 1 aromatic heterocycles. The van der Waals surface area contributed by atoms with Gasteiger partial charge in [0.05, 0.1) is 11.0 Å². The Morgan fingerprint density at radius 3 is 2.14 bits per heavy atom. The lowest BCUT2D eigenvalue weighted by Crippen LogP contribution is -2.16. The van der Waals surface area contributed by atoms with Crippen molar-refractivity contribution in [1.82, 2.24) is 9.97 Å². The third-order valence-corrected chi connectivity index (χ3v) is 4.37. The number of ether oxygens (including phenoxy) is 1. The zero-order valence-electron chi connectivity index (χ0n) is 16.1. The van der Waals surface area contributed by atoms with Crippen LogP contribution in [0.5, 0.6) is 0 Å². The molecule has 0 spiro atoms. The maximum atomic E-state index is 11.8. The van der Waals surface area contributed by atoms with Gasteiger partial charge in [-0.05, 0) is 17.5 Å². The van der Waals surface area contributed by atoms with E-state index >= 15 is 0 Å². The molecule has 8 heteroatoms. The van der Waals surface area contributed by atoms with Gasteiger partial charge in [-0.3, -0.25) is 10.1 Å². The summed E-state index contributed by atoms with van der Waals surface area (Å²) in [6.07, 6.45) is 2.03. The van der Waals surface area contributed by atoms with Crippen molar-refractivity contribution in [2.24, 2.45) is 0 Å². The molecule has 0 radical (unpaired) electrons. The standard InChI is InChI=1S/C21H23N5O3/c1-29-14-8-13-22-20-19(26(27)28)21(24-15-23-20)25-18(16-9-4-2-5-10-16)17-11-6-3-7-12-17/h2-7,9-12,15,18H,8,13-14H2,1H3,(H2,22,23,24,25). The summed E-state index contributed by atoms with van der Waals surface area (Å²) in [6, 6.07) is 19.2. The van der Waals surface area contributed by atoms with Crippen LogP contribution in [0.4, 0.5) is 17.3 Å². The number of nitrogens with zero attached hydrogens (tertiary/aromatic N) is 3. The van der Waals surface area contributed by atoms with E-state index in [1.54, 1.807) is 7.11 Å². The highest BCUT2D eigenvalue weighted by atomic mass is 16.6. The summed E-state index contributed by atoms with van der Waals surface area (Å²) in [5.41, 5.74) is 1.77. The fourth-order valence-corrected chi connectivity index (χ4v) is 3.00. The summed E-state index contributed by atoms with van der Waals surface area (Å²) in [4.78, 5) is 19.6. The van der Waals surface area contributed by atoms with Crippen molar-refractivity contribution in [3.8, 4) is 0 Å². The number of rotatable bonds is 10. The molecule has 0 unspecified atom stereocenters. The summed E-state index contributed by atoms with van der Waals surface area (Å²) in [6.45, 7) is 1.06. The molecule has 2 aromatic carbocycles. The van der Waals surface area contributed by atoms with Crippen molar-refractivity contribution in [1.29, 1.82) is 0 Å². The van der Waals surface area contributed by atoms with Gasteiger partial charge in [-0.15, -0.1) is 0 Å².